The van der Waals surface area contributed by atoms with E-state index in [1.54, 1.807) is 24.3 Å². The average molecular weight is 486 g/mol. The average Bonchev–Trinajstić information content (AvgIpc) is 2.93. The third-order valence-electron chi connectivity index (χ3n) is 5.31. The molecule has 0 saturated carbocycles. The highest BCUT2D eigenvalue weighted by atomic mass is 127. The number of carbonyl (C=O) groups excluding carboxylic acids is 3. The maximum Gasteiger partial charge on any atom is 0.255 e. The number of anilines is 2. The van der Waals surface area contributed by atoms with Crippen LogP contribution in [0, 0.1) is 15.4 Å². The van der Waals surface area contributed by atoms with E-state index in [9.17, 15) is 14.4 Å². The van der Waals surface area contributed by atoms with Crippen molar-refractivity contribution in [3.8, 4) is 0 Å². The zero-order valence-corrected chi connectivity index (χ0v) is 17.5. The van der Waals surface area contributed by atoms with E-state index in [2.05, 4.69) is 27.9 Å². The molecule has 4 rings (SSSR count). The van der Waals surface area contributed by atoms with Crippen molar-refractivity contribution in [2.24, 2.45) is 11.8 Å². The number of nitrogens with one attached hydrogen (secondary N) is 1. The molecular weight excluding hydrogens is 467 g/mol. The van der Waals surface area contributed by atoms with Crippen LogP contribution in [0.5, 0.6) is 0 Å². The number of hydrogen-bond acceptors (Lipinski definition) is 3. The summed E-state index contributed by atoms with van der Waals surface area (Å²) in [6, 6.07) is 14.1. The number of nitrogens with zero attached hydrogens (tertiary/aromatic N) is 1. The fraction of sp³-hybridized carbons (Fsp3) is 0.227. The number of rotatable bonds is 3. The smallest absolute Gasteiger partial charge is 0.255 e. The second-order valence-corrected chi connectivity index (χ2v) is 8.47. The van der Waals surface area contributed by atoms with Crippen molar-refractivity contribution in [3.63, 3.8) is 0 Å². The largest absolute Gasteiger partial charge is 0.322 e. The van der Waals surface area contributed by atoms with Gasteiger partial charge in [0.1, 0.15) is 0 Å². The number of carbonyl (C=O) groups is 3. The molecule has 2 aromatic rings. The summed E-state index contributed by atoms with van der Waals surface area (Å²) in [6.45, 7) is 2.00. The van der Waals surface area contributed by atoms with Crippen molar-refractivity contribution in [3.05, 3.63) is 69.3 Å². The van der Waals surface area contributed by atoms with Gasteiger partial charge in [0.2, 0.25) is 11.8 Å². The van der Waals surface area contributed by atoms with Gasteiger partial charge in [0.15, 0.2) is 0 Å². The van der Waals surface area contributed by atoms with Gasteiger partial charge < -0.3 is 5.32 Å². The van der Waals surface area contributed by atoms with Crippen LogP contribution < -0.4 is 10.2 Å². The standard InChI is InChI=1S/C22H19IN2O3/c1-13-2-11-18-19(12-13)22(28)25(21(18)27)17-9-3-14(4-10-17)20(26)24-16-7-5-15(23)6-8-16/h2-10,18-19H,11-12H2,1H3,(H,24,26)/t18-,19+/m0/s1. The first-order valence-corrected chi connectivity index (χ1v) is 10.2. The molecule has 2 aromatic carbocycles. The quantitative estimate of drug-likeness (QED) is 0.398. The lowest BCUT2D eigenvalue weighted by molar-refractivity contribution is -0.122. The molecule has 3 amide bonds. The van der Waals surface area contributed by atoms with Crippen LogP contribution in [0.15, 0.2) is 60.2 Å². The Morgan fingerprint density at radius 2 is 1.64 bits per heavy atom. The minimum Gasteiger partial charge on any atom is -0.322 e. The van der Waals surface area contributed by atoms with Crippen LogP contribution in [0.4, 0.5) is 11.4 Å². The fourth-order valence-corrected chi connectivity index (χ4v) is 4.15. The molecule has 0 spiro atoms. The monoisotopic (exact) mass is 486 g/mol. The van der Waals surface area contributed by atoms with Gasteiger partial charge in [-0.3, -0.25) is 19.3 Å². The van der Waals surface area contributed by atoms with Crippen LogP contribution in [0.25, 0.3) is 0 Å². The molecule has 1 N–H and O–H groups in total. The molecule has 1 aliphatic heterocycles. The van der Waals surface area contributed by atoms with Gasteiger partial charge in [-0.05, 0) is 90.9 Å². The Morgan fingerprint density at radius 1 is 1.00 bits per heavy atom. The van der Waals surface area contributed by atoms with Gasteiger partial charge >= 0.3 is 0 Å². The van der Waals surface area contributed by atoms with Crippen LogP contribution in [-0.2, 0) is 9.59 Å². The van der Waals surface area contributed by atoms with E-state index in [-0.39, 0.29) is 29.6 Å². The highest BCUT2D eigenvalue weighted by molar-refractivity contribution is 14.1. The van der Waals surface area contributed by atoms with Gasteiger partial charge in [-0.1, -0.05) is 11.6 Å². The minimum atomic E-state index is -0.264. The SMILES string of the molecule is CC1=CC[C@@H]2C(=O)N(c3ccc(C(=O)Nc4ccc(I)cc4)cc3)C(=O)[C@@H]2C1. The summed E-state index contributed by atoms with van der Waals surface area (Å²) in [6.07, 6.45) is 3.31. The Balaban J connectivity index is 1.50. The Bertz CT molecular complexity index is 980. The highest BCUT2D eigenvalue weighted by Gasteiger charge is 2.48. The van der Waals surface area contributed by atoms with E-state index in [0.29, 0.717) is 29.8 Å². The van der Waals surface area contributed by atoms with Crippen LogP contribution >= 0.6 is 22.6 Å². The van der Waals surface area contributed by atoms with Gasteiger partial charge in [-0.15, -0.1) is 0 Å². The van der Waals surface area contributed by atoms with E-state index >= 15 is 0 Å². The van der Waals surface area contributed by atoms with Crippen LogP contribution in [0.1, 0.15) is 30.1 Å². The molecule has 142 valence electrons. The molecule has 6 heteroatoms. The number of allylic oxidation sites excluding steroid dienone is 2. The lowest BCUT2D eigenvalue weighted by Crippen LogP contribution is -2.30. The Kier molecular flexibility index (Phi) is 5.05. The number of amides is 3. The first-order chi connectivity index (χ1) is 13.4. The maximum absolute atomic E-state index is 12.8. The molecule has 0 radical (unpaired) electrons. The number of fused-ring (bicyclic) bond motifs is 1. The van der Waals surface area contributed by atoms with E-state index in [4.69, 9.17) is 0 Å². The number of hydrogen-bond donors (Lipinski definition) is 1. The Hall–Kier alpha value is -2.48. The topological polar surface area (TPSA) is 66.5 Å². The lowest BCUT2D eigenvalue weighted by atomic mass is 9.82. The van der Waals surface area contributed by atoms with Gasteiger partial charge in [0, 0.05) is 14.8 Å². The van der Waals surface area contributed by atoms with Crippen molar-refractivity contribution in [2.75, 3.05) is 10.2 Å². The third-order valence-corrected chi connectivity index (χ3v) is 6.03. The molecule has 0 unspecified atom stereocenters. The number of halogens is 1. The first kappa shape index (κ1) is 18.9. The van der Waals surface area contributed by atoms with Gasteiger partial charge in [-0.25, -0.2) is 0 Å². The van der Waals surface area contributed by atoms with Crippen molar-refractivity contribution < 1.29 is 14.4 Å². The van der Waals surface area contributed by atoms with E-state index < -0.39 is 0 Å². The van der Waals surface area contributed by atoms with Crippen LogP contribution in [0.3, 0.4) is 0 Å². The van der Waals surface area contributed by atoms with Crippen LogP contribution in [0.2, 0.25) is 0 Å². The lowest BCUT2D eigenvalue weighted by Gasteiger charge is -2.18. The fourth-order valence-electron chi connectivity index (χ4n) is 3.79. The van der Waals surface area contributed by atoms with Crippen molar-refractivity contribution in [1.82, 2.24) is 0 Å². The molecule has 1 aliphatic carbocycles. The van der Waals surface area contributed by atoms with Crippen molar-refractivity contribution in [1.29, 1.82) is 0 Å². The van der Waals surface area contributed by atoms with Crippen molar-refractivity contribution in [2.45, 2.75) is 19.8 Å². The van der Waals surface area contributed by atoms with E-state index in [1.807, 2.05) is 37.3 Å². The van der Waals surface area contributed by atoms with Gasteiger partial charge in [0.05, 0.1) is 17.5 Å². The molecule has 0 aromatic heterocycles. The second kappa shape index (κ2) is 7.50. The van der Waals surface area contributed by atoms with Gasteiger partial charge in [-0.2, -0.15) is 0 Å². The highest BCUT2D eigenvalue weighted by Crippen LogP contribution is 2.39. The summed E-state index contributed by atoms with van der Waals surface area (Å²) in [7, 11) is 0. The summed E-state index contributed by atoms with van der Waals surface area (Å²) in [4.78, 5) is 39.2. The molecule has 1 saturated heterocycles. The predicted molar refractivity (Wildman–Crippen MR) is 116 cm³/mol. The van der Waals surface area contributed by atoms with Gasteiger partial charge in [0.25, 0.3) is 5.91 Å². The molecule has 2 aliphatic rings. The zero-order chi connectivity index (χ0) is 19.8. The third kappa shape index (κ3) is 3.48. The number of imide groups is 1. The normalized spacial score (nSPS) is 21.4. The van der Waals surface area contributed by atoms with Crippen molar-refractivity contribution >= 4 is 51.7 Å². The maximum atomic E-state index is 12.8. The van der Waals surface area contributed by atoms with Crippen LogP contribution in [-0.4, -0.2) is 17.7 Å². The molecule has 0 bridgehead atoms. The summed E-state index contributed by atoms with van der Waals surface area (Å²) < 4.78 is 1.09. The Labute approximate surface area is 176 Å². The molecule has 1 fully saturated rings. The second-order valence-electron chi connectivity index (χ2n) is 7.22. The summed E-state index contributed by atoms with van der Waals surface area (Å²) in [5.41, 5.74) is 2.86. The number of benzene rings is 2. The molecule has 5 nitrogen and oxygen atoms in total. The van der Waals surface area contributed by atoms with E-state index in [0.717, 1.165) is 9.14 Å². The summed E-state index contributed by atoms with van der Waals surface area (Å²) in [5.74, 6) is -1.05. The molecule has 2 atom stereocenters. The van der Waals surface area contributed by atoms with E-state index in [1.165, 1.54) is 4.90 Å². The Morgan fingerprint density at radius 3 is 2.32 bits per heavy atom. The summed E-state index contributed by atoms with van der Waals surface area (Å²) in [5, 5.41) is 2.84. The first-order valence-electron chi connectivity index (χ1n) is 9.14. The molecule has 28 heavy (non-hydrogen) atoms. The molecule has 1 heterocycles. The minimum absolute atomic E-state index is 0.140. The molecular formula is C22H19IN2O3. The zero-order valence-electron chi connectivity index (χ0n) is 15.3. The summed E-state index contributed by atoms with van der Waals surface area (Å²) >= 11 is 2.20. The predicted octanol–water partition coefficient (Wildman–Crippen LogP) is 4.39.